The minimum absolute atomic E-state index is 0.0810. The Bertz CT molecular complexity index is 788. The first-order valence-electron chi connectivity index (χ1n) is 8.44. The number of anilines is 1. The normalized spacial score (nSPS) is 16.4. The molecule has 1 saturated carbocycles. The fourth-order valence-corrected chi connectivity index (χ4v) is 3.62. The average molecular weight is 360 g/mol. The number of aromatic nitrogens is 3. The Morgan fingerprint density at radius 2 is 2.08 bits per heavy atom. The summed E-state index contributed by atoms with van der Waals surface area (Å²) in [5, 5.41) is 12.0. The Balaban J connectivity index is 1.37. The summed E-state index contributed by atoms with van der Waals surface area (Å²) in [6.07, 6.45) is 3.18. The lowest BCUT2D eigenvalue weighted by Gasteiger charge is -2.10. The van der Waals surface area contributed by atoms with E-state index in [1.54, 1.807) is 6.07 Å². The summed E-state index contributed by atoms with van der Waals surface area (Å²) in [6, 6.07) is 5.96. The molecular weight excluding hydrogens is 340 g/mol. The van der Waals surface area contributed by atoms with Gasteiger partial charge in [-0.1, -0.05) is 11.8 Å². The van der Waals surface area contributed by atoms with Gasteiger partial charge < -0.3 is 19.4 Å². The Hall–Kier alpha value is -2.22. The van der Waals surface area contributed by atoms with Gasteiger partial charge in [0.15, 0.2) is 16.7 Å². The number of thioether (sulfide) groups is 1. The Morgan fingerprint density at radius 3 is 2.88 bits per heavy atom. The van der Waals surface area contributed by atoms with Crippen LogP contribution < -0.4 is 14.8 Å². The first-order valence-corrected chi connectivity index (χ1v) is 9.43. The zero-order valence-corrected chi connectivity index (χ0v) is 14.8. The van der Waals surface area contributed by atoms with Crippen LogP contribution in [0, 0.1) is 6.92 Å². The van der Waals surface area contributed by atoms with Gasteiger partial charge in [-0.3, -0.25) is 4.79 Å². The van der Waals surface area contributed by atoms with Gasteiger partial charge in [0.05, 0.1) is 19.0 Å². The van der Waals surface area contributed by atoms with Crippen molar-refractivity contribution in [2.45, 2.75) is 37.4 Å². The van der Waals surface area contributed by atoms with E-state index in [0.717, 1.165) is 36.0 Å². The second-order valence-electron chi connectivity index (χ2n) is 6.18. The lowest BCUT2D eigenvalue weighted by Crippen LogP contribution is -2.14. The standard InChI is InChI=1S/C17H20N4O3S/c1-11-19-20-17(21(11)13-4-5-13)25-10-16(22)18-12-3-6-14-15(9-12)24-8-2-7-23-14/h3,6,9,13H,2,4-5,7-8,10H2,1H3,(H,18,22). The van der Waals surface area contributed by atoms with E-state index >= 15 is 0 Å². The van der Waals surface area contributed by atoms with Crippen molar-refractivity contribution in [2.24, 2.45) is 0 Å². The smallest absolute Gasteiger partial charge is 0.234 e. The highest BCUT2D eigenvalue weighted by Crippen LogP contribution is 2.38. The molecule has 1 aromatic heterocycles. The number of fused-ring (bicyclic) bond motifs is 1. The number of amides is 1. The summed E-state index contributed by atoms with van der Waals surface area (Å²) >= 11 is 1.42. The summed E-state index contributed by atoms with van der Waals surface area (Å²) in [6.45, 7) is 3.22. The molecule has 2 aromatic rings. The minimum Gasteiger partial charge on any atom is -0.490 e. The van der Waals surface area contributed by atoms with E-state index in [1.165, 1.54) is 11.8 Å². The van der Waals surface area contributed by atoms with Gasteiger partial charge in [-0.05, 0) is 31.9 Å². The Kier molecular flexibility index (Phi) is 4.52. The maximum absolute atomic E-state index is 12.3. The van der Waals surface area contributed by atoms with E-state index < -0.39 is 0 Å². The summed E-state index contributed by atoms with van der Waals surface area (Å²) < 4.78 is 13.4. The van der Waals surface area contributed by atoms with Crippen LogP contribution in [0.25, 0.3) is 0 Å². The molecule has 1 aliphatic heterocycles. The van der Waals surface area contributed by atoms with Gasteiger partial charge >= 0.3 is 0 Å². The van der Waals surface area contributed by atoms with Crippen molar-refractivity contribution in [1.82, 2.24) is 14.8 Å². The number of carbonyl (C=O) groups is 1. The number of hydrogen-bond acceptors (Lipinski definition) is 6. The topological polar surface area (TPSA) is 78.3 Å². The van der Waals surface area contributed by atoms with E-state index in [1.807, 2.05) is 19.1 Å². The third kappa shape index (κ3) is 3.73. The molecule has 0 spiro atoms. The van der Waals surface area contributed by atoms with E-state index in [2.05, 4.69) is 20.1 Å². The van der Waals surface area contributed by atoms with Crippen LogP contribution in [0.15, 0.2) is 23.4 Å². The second-order valence-corrected chi connectivity index (χ2v) is 7.12. The van der Waals surface area contributed by atoms with Gasteiger partial charge in [0.1, 0.15) is 5.82 Å². The number of hydrogen-bond donors (Lipinski definition) is 1. The van der Waals surface area contributed by atoms with Crippen molar-refractivity contribution in [3.05, 3.63) is 24.0 Å². The predicted octanol–water partition coefficient (Wildman–Crippen LogP) is 2.81. The van der Waals surface area contributed by atoms with Crippen LogP contribution in [0.3, 0.4) is 0 Å². The van der Waals surface area contributed by atoms with E-state index in [0.29, 0.717) is 36.4 Å². The monoisotopic (exact) mass is 360 g/mol. The lowest BCUT2D eigenvalue weighted by atomic mass is 10.2. The number of aryl methyl sites for hydroxylation is 1. The SMILES string of the molecule is Cc1nnc(SCC(=O)Nc2ccc3c(c2)OCCCO3)n1C1CC1. The number of nitrogens with zero attached hydrogens (tertiary/aromatic N) is 3. The van der Waals surface area contributed by atoms with Gasteiger partial charge in [0.25, 0.3) is 0 Å². The van der Waals surface area contributed by atoms with Crippen LogP contribution in [0.2, 0.25) is 0 Å². The summed E-state index contributed by atoms with van der Waals surface area (Å²) in [7, 11) is 0. The fourth-order valence-electron chi connectivity index (χ4n) is 2.77. The van der Waals surface area contributed by atoms with Crippen molar-refractivity contribution in [1.29, 1.82) is 0 Å². The maximum Gasteiger partial charge on any atom is 0.234 e. The summed E-state index contributed by atoms with van der Waals surface area (Å²) in [4.78, 5) is 12.3. The highest BCUT2D eigenvalue weighted by atomic mass is 32.2. The number of nitrogens with one attached hydrogen (secondary N) is 1. The third-order valence-corrected chi connectivity index (χ3v) is 5.05. The lowest BCUT2D eigenvalue weighted by molar-refractivity contribution is -0.113. The molecule has 7 nitrogen and oxygen atoms in total. The first-order chi connectivity index (χ1) is 12.2. The third-order valence-electron chi connectivity index (χ3n) is 4.11. The molecule has 1 N–H and O–H groups in total. The van der Waals surface area contributed by atoms with E-state index in [9.17, 15) is 4.79 Å². The molecule has 1 aromatic carbocycles. The van der Waals surface area contributed by atoms with Gasteiger partial charge in [0.2, 0.25) is 5.91 Å². The molecule has 0 bridgehead atoms. The molecule has 4 rings (SSSR count). The first kappa shape index (κ1) is 16.3. The van der Waals surface area contributed by atoms with Gasteiger partial charge in [0, 0.05) is 24.2 Å². The quantitative estimate of drug-likeness (QED) is 0.826. The number of benzene rings is 1. The second kappa shape index (κ2) is 6.95. The molecule has 8 heteroatoms. The van der Waals surface area contributed by atoms with Crippen LogP contribution in [-0.4, -0.2) is 39.6 Å². The Labute approximate surface area is 150 Å². The zero-order chi connectivity index (χ0) is 17.2. The van der Waals surface area contributed by atoms with Crippen LogP contribution in [-0.2, 0) is 4.79 Å². The van der Waals surface area contributed by atoms with E-state index in [4.69, 9.17) is 9.47 Å². The van der Waals surface area contributed by atoms with Crippen molar-refractivity contribution >= 4 is 23.4 Å². The minimum atomic E-state index is -0.0810. The average Bonchev–Trinajstić information content (AvgIpc) is 3.40. The van der Waals surface area contributed by atoms with Crippen molar-refractivity contribution < 1.29 is 14.3 Å². The molecule has 1 fully saturated rings. The van der Waals surface area contributed by atoms with Crippen LogP contribution in [0.4, 0.5) is 5.69 Å². The van der Waals surface area contributed by atoms with Crippen molar-refractivity contribution in [3.63, 3.8) is 0 Å². The molecular formula is C17H20N4O3S. The summed E-state index contributed by atoms with van der Waals surface area (Å²) in [5.41, 5.74) is 0.703. The molecule has 0 radical (unpaired) electrons. The highest BCUT2D eigenvalue weighted by molar-refractivity contribution is 7.99. The van der Waals surface area contributed by atoms with Crippen molar-refractivity contribution in [3.8, 4) is 11.5 Å². The fraction of sp³-hybridized carbons (Fsp3) is 0.471. The molecule has 0 unspecified atom stereocenters. The summed E-state index contributed by atoms with van der Waals surface area (Å²) in [5.74, 6) is 2.51. The van der Waals surface area contributed by atoms with Crippen molar-refractivity contribution in [2.75, 3.05) is 24.3 Å². The molecule has 0 saturated heterocycles. The van der Waals surface area contributed by atoms with Crippen LogP contribution in [0.5, 0.6) is 11.5 Å². The van der Waals surface area contributed by atoms with E-state index in [-0.39, 0.29) is 5.91 Å². The van der Waals surface area contributed by atoms with Gasteiger partial charge in [-0.25, -0.2) is 0 Å². The molecule has 132 valence electrons. The Morgan fingerprint density at radius 1 is 1.28 bits per heavy atom. The van der Waals surface area contributed by atoms with Crippen LogP contribution in [0.1, 0.15) is 31.1 Å². The predicted molar refractivity (Wildman–Crippen MR) is 94.4 cm³/mol. The van der Waals surface area contributed by atoms with Crippen LogP contribution >= 0.6 is 11.8 Å². The molecule has 2 heterocycles. The zero-order valence-electron chi connectivity index (χ0n) is 14.0. The number of carbonyl (C=O) groups excluding carboxylic acids is 1. The highest BCUT2D eigenvalue weighted by Gasteiger charge is 2.28. The van der Waals surface area contributed by atoms with Gasteiger partial charge in [-0.15, -0.1) is 10.2 Å². The molecule has 1 aliphatic carbocycles. The number of ether oxygens (including phenoxy) is 2. The molecule has 0 atom stereocenters. The molecule has 2 aliphatic rings. The number of rotatable bonds is 5. The molecule has 1 amide bonds. The maximum atomic E-state index is 12.3. The largest absolute Gasteiger partial charge is 0.490 e. The molecule has 25 heavy (non-hydrogen) atoms. The van der Waals surface area contributed by atoms with Gasteiger partial charge in [-0.2, -0.15) is 0 Å².